The van der Waals surface area contributed by atoms with E-state index in [4.69, 9.17) is 10.7 Å². The molecular weight excluding hydrogens is 517 g/mol. The molecule has 2 saturated heterocycles. The van der Waals surface area contributed by atoms with Crippen molar-refractivity contribution in [1.29, 1.82) is 0 Å². The number of halogens is 2. The molecule has 2 unspecified atom stereocenters. The average molecular weight is 561 g/mol. The van der Waals surface area contributed by atoms with E-state index in [1.165, 1.54) is 6.07 Å². The SMILES string of the molecule is CC1=CNN(C)[C@H](C2CCCCCCCN2C(=O)c2cc(C)ccc2C(F)(F)P)/C=C/N=C1N1CC[C@H](N)C1. The molecule has 1 aromatic rings. The predicted octanol–water partition coefficient (Wildman–Crippen LogP) is 4.75. The van der Waals surface area contributed by atoms with Gasteiger partial charge in [0.1, 0.15) is 5.84 Å². The van der Waals surface area contributed by atoms with Gasteiger partial charge in [-0.2, -0.15) is 8.78 Å². The topological polar surface area (TPSA) is 77.2 Å². The zero-order valence-corrected chi connectivity index (χ0v) is 24.5. The minimum atomic E-state index is -3.20. The summed E-state index contributed by atoms with van der Waals surface area (Å²) in [5.74, 6) is 0.543. The van der Waals surface area contributed by atoms with Gasteiger partial charge in [-0.3, -0.25) is 4.79 Å². The van der Waals surface area contributed by atoms with E-state index in [1.54, 1.807) is 21.4 Å². The first-order valence-corrected chi connectivity index (χ1v) is 14.6. The number of carbonyl (C=O) groups is 1. The van der Waals surface area contributed by atoms with Crippen molar-refractivity contribution in [2.75, 3.05) is 26.7 Å². The van der Waals surface area contributed by atoms with Crippen molar-refractivity contribution < 1.29 is 13.6 Å². The highest BCUT2D eigenvalue weighted by Crippen LogP contribution is 2.38. The van der Waals surface area contributed by atoms with Crippen LogP contribution in [0.1, 0.15) is 73.4 Å². The van der Waals surface area contributed by atoms with E-state index in [9.17, 15) is 13.6 Å². The van der Waals surface area contributed by atoms with Gasteiger partial charge in [-0.25, -0.2) is 10.0 Å². The number of benzene rings is 1. The molecule has 4 rings (SSSR count). The number of aliphatic imine (C=N–C) groups is 1. The number of likely N-dealkylation sites (tertiary alicyclic amines) is 1. The first-order valence-electron chi connectivity index (χ1n) is 14.1. The molecule has 3 aliphatic heterocycles. The smallest absolute Gasteiger partial charge is 0.284 e. The fraction of sp³-hybridized carbons (Fsp3) is 0.586. The van der Waals surface area contributed by atoms with Gasteiger partial charge in [-0.05, 0) is 45.3 Å². The third-order valence-corrected chi connectivity index (χ3v) is 8.32. The maximum Gasteiger partial charge on any atom is 0.284 e. The molecule has 3 N–H and O–H groups in total. The van der Waals surface area contributed by atoms with Crippen molar-refractivity contribution in [2.45, 2.75) is 82.6 Å². The Hall–Kier alpha value is -2.35. The van der Waals surface area contributed by atoms with Gasteiger partial charge >= 0.3 is 0 Å². The third kappa shape index (κ3) is 7.24. The van der Waals surface area contributed by atoms with Crippen LogP contribution in [0.5, 0.6) is 0 Å². The molecule has 2 fully saturated rings. The lowest BCUT2D eigenvalue weighted by Crippen LogP contribution is -2.55. The van der Waals surface area contributed by atoms with Crippen LogP contribution in [0, 0.1) is 6.92 Å². The molecule has 0 aromatic heterocycles. The van der Waals surface area contributed by atoms with Crippen LogP contribution in [0.4, 0.5) is 8.78 Å². The van der Waals surface area contributed by atoms with Crippen molar-refractivity contribution in [3.8, 4) is 0 Å². The number of hydrogen-bond acceptors (Lipinski definition) is 6. The van der Waals surface area contributed by atoms with E-state index in [-0.39, 0.29) is 35.2 Å². The number of rotatable bonds is 3. The van der Waals surface area contributed by atoms with E-state index < -0.39 is 5.66 Å². The lowest BCUT2D eigenvalue weighted by atomic mass is 9.96. The van der Waals surface area contributed by atoms with Crippen molar-refractivity contribution >= 4 is 21.0 Å². The van der Waals surface area contributed by atoms with Crippen LogP contribution in [0.25, 0.3) is 0 Å². The second-order valence-corrected chi connectivity index (χ2v) is 11.9. The molecule has 3 aliphatic rings. The van der Waals surface area contributed by atoms with E-state index in [1.807, 2.05) is 49.3 Å². The second-order valence-electron chi connectivity index (χ2n) is 11.1. The van der Waals surface area contributed by atoms with E-state index in [0.717, 1.165) is 75.0 Å². The Labute approximate surface area is 233 Å². The summed E-state index contributed by atoms with van der Waals surface area (Å²) in [6, 6.07) is 4.31. The summed E-state index contributed by atoms with van der Waals surface area (Å²) in [6.07, 6.45) is 12.5. The van der Waals surface area contributed by atoms with Gasteiger partial charge in [-0.15, -0.1) is 0 Å². The van der Waals surface area contributed by atoms with Gasteiger partial charge in [0.15, 0.2) is 0 Å². The van der Waals surface area contributed by atoms with Crippen LogP contribution in [0.15, 0.2) is 47.2 Å². The molecular formula is C29H43F2N6OP. The van der Waals surface area contributed by atoms with Gasteiger partial charge in [0, 0.05) is 61.8 Å². The highest BCUT2D eigenvalue weighted by Gasteiger charge is 2.37. The Kier molecular flexibility index (Phi) is 9.78. The molecule has 1 aromatic carbocycles. The average Bonchev–Trinajstić information content (AvgIpc) is 3.37. The van der Waals surface area contributed by atoms with E-state index >= 15 is 0 Å². The number of nitrogens with one attached hydrogen (secondary N) is 1. The Morgan fingerprint density at radius 3 is 2.59 bits per heavy atom. The summed E-state index contributed by atoms with van der Waals surface area (Å²) >= 11 is 0. The highest BCUT2D eigenvalue weighted by molar-refractivity contribution is 7.17. The fourth-order valence-electron chi connectivity index (χ4n) is 5.85. The number of amidine groups is 1. The monoisotopic (exact) mass is 560 g/mol. The maximum atomic E-state index is 14.6. The Morgan fingerprint density at radius 2 is 1.87 bits per heavy atom. The molecule has 10 heteroatoms. The Balaban J connectivity index is 1.71. The number of aryl methyl sites for hydroxylation is 1. The fourth-order valence-corrected chi connectivity index (χ4v) is 6.11. The molecule has 0 bridgehead atoms. The molecule has 7 nitrogen and oxygen atoms in total. The minimum absolute atomic E-state index is 0.0725. The lowest BCUT2D eigenvalue weighted by Gasteiger charge is -2.40. The molecule has 1 amide bonds. The minimum Gasteiger partial charge on any atom is -0.355 e. The molecule has 39 heavy (non-hydrogen) atoms. The van der Waals surface area contributed by atoms with Crippen molar-refractivity contribution in [3.05, 3.63) is 58.9 Å². The van der Waals surface area contributed by atoms with E-state index in [0.29, 0.717) is 6.54 Å². The molecule has 0 spiro atoms. The van der Waals surface area contributed by atoms with Crippen molar-refractivity contribution in [1.82, 2.24) is 20.2 Å². The summed E-state index contributed by atoms with van der Waals surface area (Å²) in [5, 5.41) is 2.00. The zero-order chi connectivity index (χ0) is 28.2. The number of alkyl halides is 2. The number of hydrogen-bond donors (Lipinski definition) is 2. The number of nitrogens with zero attached hydrogens (tertiary/aromatic N) is 4. The summed E-state index contributed by atoms with van der Waals surface area (Å²) in [4.78, 5) is 23.0. The molecule has 0 aliphatic carbocycles. The number of likely N-dealkylation sites (N-methyl/N-ethyl adjacent to an activating group) is 1. The van der Waals surface area contributed by atoms with Crippen LogP contribution in [0.2, 0.25) is 0 Å². The van der Waals surface area contributed by atoms with Crippen LogP contribution in [-0.2, 0) is 5.66 Å². The zero-order valence-electron chi connectivity index (χ0n) is 23.4. The number of carbonyl (C=O) groups excluding carboxylic acids is 1. The van der Waals surface area contributed by atoms with Crippen LogP contribution >= 0.6 is 9.24 Å². The van der Waals surface area contributed by atoms with E-state index in [2.05, 4.69) is 10.3 Å². The standard InChI is InChI=1S/C29H43F2N6OP/c1-20-10-11-24(29(30,31)39)23(17-20)28(38)37-15-8-6-4-5-7-9-26(37)25-12-14-33-27(21(2)18-34-35(25)3)36-16-13-22(32)19-36/h10-12,14,17-18,22,25-26,34H,4-9,13,15-16,19,32,39H2,1-3H3/b14-12+,21-18?,33-27?/t22-,25-,26?/m0/s1. The molecule has 0 radical (unpaired) electrons. The third-order valence-electron chi connectivity index (χ3n) is 8.01. The van der Waals surface area contributed by atoms with Crippen LogP contribution in [0.3, 0.4) is 0 Å². The van der Waals surface area contributed by atoms with Gasteiger partial charge in [0.2, 0.25) is 0 Å². The number of amides is 1. The normalized spacial score (nSPS) is 26.7. The van der Waals surface area contributed by atoms with Gasteiger partial charge in [-0.1, -0.05) is 52.6 Å². The summed E-state index contributed by atoms with van der Waals surface area (Å²) in [5.41, 5.74) is 7.95. The molecule has 3 heterocycles. The molecule has 214 valence electrons. The van der Waals surface area contributed by atoms with Crippen molar-refractivity contribution in [2.24, 2.45) is 10.7 Å². The molecule has 0 saturated carbocycles. The van der Waals surface area contributed by atoms with Gasteiger partial charge < -0.3 is 21.0 Å². The van der Waals surface area contributed by atoms with Crippen LogP contribution < -0.4 is 11.2 Å². The van der Waals surface area contributed by atoms with Crippen molar-refractivity contribution in [3.63, 3.8) is 0 Å². The Morgan fingerprint density at radius 1 is 1.13 bits per heavy atom. The van der Waals surface area contributed by atoms with Crippen LogP contribution in [-0.4, -0.2) is 71.4 Å². The lowest BCUT2D eigenvalue weighted by molar-refractivity contribution is 0.0507. The Bertz CT molecular complexity index is 1120. The second kappa shape index (κ2) is 12.9. The summed E-state index contributed by atoms with van der Waals surface area (Å²) in [6.45, 7) is 6.00. The summed E-state index contributed by atoms with van der Waals surface area (Å²) in [7, 11) is 3.55. The first-order chi connectivity index (χ1) is 18.6. The highest BCUT2D eigenvalue weighted by atomic mass is 31.0. The predicted molar refractivity (Wildman–Crippen MR) is 156 cm³/mol. The number of nitrogens with two attached hydrogens (primary N) is 1. The quantitative estimate of drug-likeness (QED) is 0.522. The summed E-state index contributed by atoms with van der Waals surface area (Å²) < 4.78 is 29.2. The first kappa shape index (κ1) is 29.6. The maximum absolute atomic E-state index is 14.6. The molecule has 4 atom stereocenters. The number of hydrazine groups is 1. The largest absolute Gasteiger partial charge is 0.355 e. The van der Waals surface area contributed by atoms with Gasteiger partial charge in [0.05, 0.1) is 12.1 Å². The van der Waals surface area contributed by atoms with Gasteiger partial charge in [0.25, 0.3) is 11.6 Å².